The van der Waals surface area contributed by atoms with Crippen LogP contribution < -0.4 is 20.5 Å². The molecule has 0 aromatic heterocycles. The van der Waals surface area contributed by atoms with E-state index in [9.17, 15) is 4.79 Å². The topological polar surface area (TPSA) is 81.6 Å². The second-order valence-corrected chi connectivity index (χ2v) is 11.1. The summed E-state index contributed by atoms with van der Waals surface area (Å²) < 4.78 is 6.24. The first-order valence-corrected chi connectivity index (χ1v) is 14.5. The van der Waals surface area contributed by atoms with Crippen molar-refractivity contribution in [1.29, 1.82) is 0 Å². The molecule has 1 fully saturated rings. The molecule has 0 radical (unpaired) electrons. The van der Waals surface area contributed by atoms with Crippen molar-refractivity contribution in [2.24, 2.45) is 22.7 Å². The number of allylic oxidation sites excluding steroid dienone is 2. The van der Waals surface area contributed by atoms with Gasteiger partial charge in [0.2, 0.25) is 5.91 Å². The molecule has 0 bridgehead atoms. The van der Waals surface area contributed by atoms with Crippen LogP contribution in [0.15, 0.2) is 48.6 Å². The number of amides is 1. The fourth-order valence-corrected chi connectivity index (χ4v) is 5.75. The van der Waals surface area contributed by atoms with Crippen molar-refractivity contribution in [2.45, 2.75) is 57.9 Å². The maximum atomic E-state index is 12.0. The van der Waals surface area contributed by atoms with E-state index < -0.39 is 5.91 Å². The summed E-state index contributed by atoms with van der Waals surface area (Å²) in [5.74, 6) is 2.69. The molecule has 4 rings (SSSR count). The van der Waals surface area contributed by atoms with Gasteiger partial charge >= 0.3 is 0 Å². The van der Waals surface area contributed by atoms with Crippen LogP contribution in [0.4, 0.5) is 5.69 Å². The van der Waals surface area contributed by atoms with Gasteiger partial charge in [-0.1, -0.05) is 41.8 Å². The first-order chi connectivity index (χ1) is 17.5. The average Bonchev–Trinajstić information content (AvgIpc) is 2.88. The molecule has 4 N–H and O–H groups in total. The van der Waals surface area contributed by atoms with Crippen LogP contribution in [0.5, 0.6) is 5.75 Å². The van der Waals surface area contributed by atoms with E-state index in [4.69, 9.17) is 27.2 Å². The molecular weight excluding hydrogens is 490 g/mol. The van der Waals surface area contributed by atoms with E-state index in [0.717, 1.165) is 73.8 Å². The van der Waals surface area contributed by atoms with E-state index in [2.05, 4.69) is 29.2 Å². The summed E-state index contributed by atoms with van der Waals surface area (Å²) in [6, 6.07) is 11.8. The first kappa shape index (κ1) is 26.9. The molecule has 0 saturated heterocycles. The molecular formula is C29H38ClN3O2S. The molecule has 2 aromatic rings. The summed E-state index contributed by atoms with van der Waals surface area (Å²) in [5, 5.41) is 6.30. The zero-order chi connectivity index (χ0) is 25.3. The van der Waals surface area contributed by atoms with Crippen LogP contribution in [0.3, 0.4) is 0 Å². The zero-order valence-corrected chi connectivity index (χ0v) is 22.5. The third-order valence-corrected chi connectivity index (χ3v) is 8.24. The van der Waals surface area contributed by atoms with Crippen molar-refractivity contribution < 1.29 is 9.53 Å². The van der Waals surface area contributed by atoms with Crippen LogP contribution in [0.2, 0.25) is 5.02 Å². The summed E-state index contributed by atoms with van der Waals surface area (Å²) in [6.07, 6.45) is 13.5. The Balaban J connectivity index is 1.58. The van der Waals surface area contributed by atoms with Gasteiger partial charge in [0.05, 0.1) is 12.3 Å². The van der Waals surface area contributed by atoms with Crippen molar-refractivity contribution in [3.8, 4) is 5.75 Å². The Morgan fingerprint density at radius 1 is 1.11 bits per heavy atom. The molecule has 1 amide bonds. The highest BCUT2D eigenvalue weighted by Gasteiger charge is 2.32. The number of primary amides is 1. The fourth-order valence-electron chi connectivity index (χ4n) is 5.22. The zero-order valence-electron chi connectivity index (χ0n) is 21.0. The van der Waals surface area contributed by atoms with Crippen molar-refractivity contribution in [1.82, 2.24) is 0 Å². The Hall–Kier alpha value is -2.15. The van der Waals surface area contributed by atoms with Crippen molar-refractivity contribution in [2.75, 3.05) is 23.8 Å². The lowest BCUT2D eigenvalue weighted by Gasteiger charge is -2.41. The number of fused-ring (bicyclic) bond motifs is 2. The van der Waals surface area contributed by atoms with E-state index in [1.807, 2.05) is 18.2 Å². The summed E-state index contributed by atoms with van der Waals surface area (Å²) in [7, 11) is 0. The number of benzene rings is 2. The molecule has 0 unspecified atom stereocenters. The highest BCUT2D eigenvalue weighted by molar-refractivity contribution is 7.97. The number of nitrogens with two attached hydrogens (primary N) is 2. The Labute approximate surface area is 224 Å². The van der Waals surface area contributed by atoms with Gasteiger partial charge in [-0.2, -0.15) is 0 Å². The Morgan fingerprint density at radius 3 is 2.75 bits per heavy atom. The molecule has 0 spiro atoms. The maximum Gasteiger partial charge on any atom is 0.248 e. The number of aryl methyl sites for hydroxylation is 1. The van der Waals surface area contributed by atoms with Crippen LogP contribution in [0.25, 0.3) is 0 Å². The molecule has 1 heterocycles. The number of hydrogen-bond acceptors (Lipinski definition) is 5. The second-order valence-electron chi connectivity index (χ2n) is 9.96. The number of nitrogens with zero attached hydrogens (tertiary/aromatic N) is 1. The summed E-state index contributed by atoms with van der Waals surface area (Å²) in [5.41, 5.74) is 9.71. The van der Waals surface area contributed by atoms with Gasteiger partial charge in [-0.15, -0.1) is 0 Å². The number of halogens is 1. The van der Waals surface area contributed by atoms with E-state index in [1.165, 1.54) is 35.9 Å². The second kappa shape index (κ2) is 13.4. The highest BCUT2D eigenvalue weighted by atomic mass is 35.5. The molecule has 36 heavy (non-hydrogen) atoms. The van der Waals surface area contributed by atoms with Crippen molar-refractivity contribution in [3.63, 3.8) is 0 Å². The smallest absolute Gasteiger partial charge is 0.248 e. The standard InChI is InChI=1S/C29H38ClN3O2S/c30-26-13-11-25-20-33(19-24-10-9-21(24)7-3-1-2-6-16-36-32)27-18-23(29(31)34)12-14-28(27)35-15-5-4-8-22(25)17-26/h1,3,11-14,17-18,21,24H,2,4-10,15-16,19-20,32H2,(H2,31,34)/b3-1+/t21-,24+/m1/s1. The summed E-state index contributed by atoms with van der Waals surface area (Å²) in [6.45, 7) is 2.32. The maximum absolute atomic E-state index is 12.0. The Morgan fingerprint density at radius 2 is 1.97 bits per heavy atom. The van der Waals surface area contributed by atoms with Gasteiger partial charge in [0, 0.05) is 29.4 Å². The average molecular weight is 528 g/mol. The van der Waals surface area contributed by atoms with Gasteiger partial charge in [0.1, 0.15) is 5.75 Å². The van der Waals surface area contributed by atoms with Crippen molar-refractivity contribution in [3.05, 3.63) is 70.3 Å². The molecule has 1 saturated carbocycles. The highest BCUT2D eigenvalue weighted by Crippen LogP contribution is 2.41. The largest absolute Gasteiger partial charge is 0.491 e. The lowest BCUT2D eigenvalue weighted by molar-refractivity contribution is 0.1000. The normalized spacial score (nSPS) is 20.1. The quantitative estimate of drug-likeness (QED) is 0.220. The third-order valence-electron chi connectivity index (χ3n) is 7.48. The minimum absolute atomic E-state index is 0.418. The predicted molar refractivity (Wildman–Crippen MR) is 152 cm³/mol. The molecule has 1 aliphatic heterocycles. The Kier molecular flexibility index (Phi) is 10.0. The van der Waals surface area contributed by atoms with Crippen LogP contribution >= 0.6 is 23.5 Å². The number of hydrogen-bond donors (Lipinski definition) is 2. The van der Waals surface area contributed by atoms with Gasteiger partial charge in [-0.3, -0.25) is 9.93 Å². The van der Waals surface area contributed by atoms with Gasteiger partial charge in [-0.25, -0.2) is 0 Å². The fraction of sp³-hybridized carbons (Fsp3) is 0.483. The van der Waals surface area contributed by atoms with Gasteiger partial charge in [0.15, 0.2) is 0 Å². The molecule has 194 valence electrons. The minimum atomic E-state index is -0.418. The number of unbranched alkanes of at least 4 members (excludes halogenated alkanes) is 1. The number of anilines is 1. The molecule has 7 heteroatoms. The van der Waals surface area contributed by atoms with E-state index in [-0.39, 0.29) is 0 Å². The van der Waals surface area contributed by atoms with Gasteiger partial charge in [0.25, 0.3) is 0 Å². The monoisotopic (exact) mass is 527 g/mol. The van der Waals surface area contributed by atoms with Crippen LogP contribution in [0.1, 0.15) is 66.4 Å². The predicted octanol–water partition coefficient (Wildman–Crippen LogP) is 6.52. The lowest BCUT2D eigenvalue weighted by Crippen LogP contribution is -2.38. The van der Waals surface area contributed by atoms with Crippen LogP contribution in [0, 0.1) is 11.8 Å². The first-order valence-electron chi connectivity index (χ1n) is 13.1. The molecule has 1 aliphatic carbocycles. The van der Waals surface area contributed by atoms with Gasteiger partial charge < -0.3 is 15.4 Å². The van der Waals surface area contributed by atoms with Crippen molar-refractivity contribution >= 4 is 35.1 Å². The van der Waals surface area contributed by atoms with E-state index in [0.29, 0.717) is 24.0 Å². The SMILES string of the molecule is NSCCC/C=C/C[C@@H]1CC[C@H]1CN1Cc2ccc(Cl)cc2CCCCOc2ccc(C(N)=O)cc21. The van der Waals surface area contributed by atoms with E-state index >= 15 is 0 Å². The minimum Gasteiger partial charge on any atom is -0.491 e. The molecule has 5 nitrogen and oxygen atoms in total. The number of carbonyl (C=O) groups excluding carboxylic acids is 1. The Bertz CT molecular complexity index is 1060. The third kappa shape index (κ3) is 7.21. The summed E-state index contributed by atoms with van der Waals surface area (Å²) in [4.78, 5) is 14.4. The van der Waals surface area contributed by atoms with Gasteiger partial charge in [-0.05, 0) is 105 Å². The molecule has 2 aromatic carbocycles. The number of carbonyl (C=O) groups is 1. The number of ether oxygens (including phenoxy) is 1. The number of rotatable bonds is 9. The summed E-state index contributed by atoms with van der Waals surface area (Å²) >= 11 is 7.79. The van der Waals surface area contributed by atoms with E-state index in [1.54, 1.807) is 6.07 Å². The molecule has 2 aliphatic rings. The van der Waals surface area contributed by atoms with Crippen LogP contribution in [-0.4, -0.2) is 24.8 Å². The lowest BCUT2D eigenvalue weighted by atomic mass is 9.71. The molecule has 2 atom stereocenters. The van der Waals surface area contributed by atoms with Crippen LogP contribution in [-0.2, 0) is 13.0 Å².